The Labute approximate surface area is 93.7 Å². The number of aryl methyl sites for hydroxylation is 2. The van der Waals surface area contributed by atoms with Crippen molar-refractivity contribution in [3.8, 4) is 0 Å². The number of aromatic nitrogens is 2. The zero-order valence-corrected chi connectivity index (χ0v) is 9.84. The van der Waals surface area contributed by atoms with E-state index < -0.39 is 0 Å². The Morgan fingerprint density at radius 2 is 2.20 bits per heavy atom. The molecule has 0 aliphatic carbocycles. The molecule has 0 radical (unpaired) electrons. The van der Waals surface area contributed by atoms with Gasteiger partial charge in [0, 0.05) is 29.5 Å². The molecule has 0 saturated carbocycles. The lowest BCUT2D eigenvalue weighted by Crippen LogP contribution is -1.95. The van der Waals surface area contributed by atoms with Gasteiger partial charge < -0.3 is 5.32 Å². The largest absolute Gasteiger partial charge is 0.378 e. The van der Waals surface area contributed by atoms with Crippen LogP contribution in [0.15, 0.2) is 24.5 Å². The van der Waals surface area contributed by atoms with Crippen LogP contribution in [-0.2, 0) is 20.0 Å². The van der Waals surface area contributed by atoms with E-state index in [2.05, 4.69) is 29.5 Å². The van der Waals surface area contributed by atoms with Crippen LogP contribution in [0.25, 0.3) is 0 Å². The van der Waals surface area contributed by atoms with E-state index in [1.807, 2.05) is 30.8 Å². The highest BCUT2D eigenvalue weighted by Crippen LogP contribution is 2.18. The first-order chi connectivity index (χ1) is 7.28. The minimum Gasteiger partial charge on any atom is -0.378 e. The van der Waals surface area contributed by atoms with Gasteiger partial charge in [-0.1, -0.05) is 6.92 Å². The molecule has 0 aliphatic heterocycles. The molecule has 0 spiro atoms. The number of nitrogens with zero attached hydrogens (tertiary/aromatic N) is 2. The minimum absolute atomic E-state index is 0.885. The first-order valence-corrected chi connectivity index (χ1v) is 5.89. The number of hydrogen-bond donors (Lipinski definition) is 1. The number of anilines is 1. The molecular formula is C11H15N3S. The van der Waals surface area contributed by atoms with Gasteiger partial charge in [-0.25, -0.2) is 0 Å². The van der Waals surface area contributed by atoms with Gasteiger partial charge in [-0.2, -0.15) is 5.10 Å². The summed E-state index contributed by atoms with van der Waals surface area (Å²) in [7, 11) is 1.92. The molecule has 0 fully saturated rings. The molecule has 3 nitrogen and oxygen atoms in total. The third-order valence-electron chi connectivity index (χ3n) is 2.24. The zero-order chi connectivity index (χ0) is 10.7. The van der Waals surface area contributed by atoms with E-state index in [0.29, 0.717) is 0 Å². The van der Waals surface area contributed by atoms with Gasteiger partial charge >= 0.3 is 0 Å². The molecule has 0 amide bonds. The van der Waals surface area contributed by atoms with Crippen molar-refractivity contribution in [1.29, 1.82) is 0 Å². The summed E-state index contributed by atoms with van der Waals surface area (Å²) in [6, 6.07) is 4.39. The average Bonchev–Trinajstić information content (AvgIpc) is 2.83. The minimum atomic E-state index is 0.885. The van der Waals surface area contributed by atoms with Crippen molar-refractivity contribution in [2.75, 3.05) is 5.32 Å². The van der Waals surface area contributed by atoms with Crippen LogP contribution < -0.4 is 5.32 Å². The van der Waals surface area contributed by atoms with Gasteiger partial charge in [-0.3, -0.25) is 4.68 Å². The van der Waals surface area contributed by atoms with Gasteiger partial charge in [0.2, 0.25) is 0 Å². The molecule has 0 aromatic carbocycles. The third kappa shape index (κ3) is 2.59. The van der Waals surface area contributed by atoms with E-state index in [0.717, 1.165) is 18.7 Å². The Kier molecular flexibility index (Phi) is 3.06. The van der Waals surface area contributed by atoms with E-state index in [1.54, 1.807) is 4.68 Å². The summed E-state index contributed by atoms with van der Waals surface area (Å²) in [5.41, 5.74) is 1.07. The lowest BCUT2D eigenvalue weighted by Gasteiger charge is -1.99. The lowest BCUT2D eigenvalue weighted by atomic mass is 10.3. The smallest absolute Gasteiger partial charge is 0.0729 e. The van der Waals surface area contributed by atoms with Gasteiger partial charge in [-0.05, 0) is 18.6 Å². The van der Waals surface area contributed by atoms with Gasteiger partial charge in [0.05, 0.1) is 11.9 Å². The first-order valence-electron chi connectivity index (χ1n) is 5.08. The molecule has 2 heterocycles. The second-order valence-corrected chi connectivity index (χ2v) is 4.73. The molecule has 0 bridgehead atoms. The van der Waals surface area contributed by atoms with Crippen LogP contribution in [0.2, 0.25) is 0 Å². The number of nitrogens with one attached hydrogen (secondary N) is 1. The highest BCUT2D eigenvalue weighted by molar-refractivity contribution is 7.12. The van der Waals surface area contributed by atoms with Gasteiger partial charge in [0.1, 0.15) is 0 Å². The number of hydrogen-bond acceptors (Lipinski definition) is 3. The molecular weight excluding hydrogens is 206 g/mol. The van der Waals surface area contributed by atoms with Crippen LogP contribution in [-0.4, -0.2) is 9.78 Å². The van der Waals surface area contributed by atoms with E-state index in [4.69, 9.17) is 0 Å². The zero-order valence-electron chi connectivity index (χ0n) is 9.03. The van der Waals surface area contributed by atoms with Gasteiger partial charge in [-0.15, -0.1) is 11.3 Å². The fourth-order valence-electron chi connectivity index (χ4n) is 1.41. The Bertz CT molecular complexity index is 430. The van der Waals surface area contributed by atoms with E-state index >= 15 is 0 Å². The van der Waals surface area contributed by atoms with Crippen LogP contribution in [0.1, 0.15) is 16.7 Å². The van der Waals surface area contributed by atoms with Crippen molar-refractivity contribution in [3.05, 3.63) is 34.3 Å². The van der Waals surface area contributed by atoms with E-state index in [-0.39, 0.29) is 0 Å². The maximum absolute atomic E-state index is 4.11. The monoisotopic (exact) mass is 221 g/mol. The molecule has 0 aliphatic rings. The van der Waals surface area contributed by atoms with Crippen LogP contribution >= 0.6 is 11.3 Å². The molecule has 80 valence electrons. The molecule has 0 saturated heterocycles. The van der Waals surface area contributed by atoms with Crippen LogP contribution in [0.3, 0.4) is 0 Å². The second-order valence-electron chi connectivity index (χ2n) is 3.48. The second kappa shape index (κ2) is 4.49. The fraction of sp³-hybridized carbons (Fsp3) is 0.364. The quantitative estimate of drug-likeness (QED) is 0.860. The maximum atomic E-state index is 4.11. The summed E-state index contributed by atoms with van der Waals surface area (Å²) < 4.78 is 1.80. The third-order valence-corrected chi connectivity index (χ3v) is 3.47. The van der Waals surface area contributed by atoms with Crippen LogP contribution in [0.4, 0.5) is 5.69 Å². The van der Waals surface area contributed by atoms with Crippen LogP contribution in [0, 0.1) is 0 Å². The summed E-state index contributed by atoms with van der Waals surface area (Å²) in [6.45, 7) is 3.07. The Balaban J connectivity index is 1.93. The standard InChI is InChI=1S/C11H15N3S/c1-3-10-4-5-11(15-10)7-12-9-6-13-14(2)8-9/h4-6,8,12H,3,7H2,1-2H3. The van der Waals surface area contributed by atoms with Crippen molar-refractivity contribution in [2.45, 2.75) is 19.9 Å². The van der Waals surface area contributed by atoms with Crippen molar-refractivity contribution in [3.63, 3.8) is 0 Å². The molecule has 4 heteroatoms. The van der Waals surface area contributed by atoms with Crippen molar-refractivity contribution in [1.82, 2.24) is 9.78 Å². The van der Waals surface area contributed by atoms with Crippen molar-refractivity contribution < 1.29 is 0 Å². The highest BCUT2D eigenvalue weighted by atomic mass is 32.1. The summed E-state index contributed by atoms with van der Waals surface area (Å²) in [5, 5.41) is 7.45. The number of thiophene rings is 1. The van der Waals surface area contributed by atoms with E-state index in [9.17, 15) is 0 Å². The molecule has 2 aromatic rings. The van der Waals surface area contributed by atoms with Crippen molar-refractivity contribution in [2.24, 2.45) is 7.05 Å². The molecule has 2 aromatic heterocycles. The predicted octanol–water partition coefficient (Wildman–Crippen LogP) is 2.66. The summed E-state index contributed by atoms with van der Waals surface area (Å²) in [5.74, 6) is 0. The molecule has 2 rings (SSSR count). The highest BCUT2D eigenvalue weighted by Gasteiger charge is 1.99. The Morgan fingerprint density at radius 3 is 2.80 bits per heavy atom. The first kappa shape index (κ1) is 10.2. The Morgan fingerprint density at radius 1 is 1.40 bits per heavy atom. The lowest BCUT2D eigenvalue weighted by molar-refractivity contribution is 0.768. The number of rotatable bonds is 4. The molecule has 1 N–H and O–H groups in total. The van der Waals surface area contributed by atoms with Gasteiger partial charge in [0.25, 0.3) is 0 Å². The molecule has 15 heavy (non-hydrogen) atoms. The van der Waals surface area contributed by atoms with Crippen LogP contribution in [0.5, 0.6) is 0 Å². The maximum Gasteiger partial charge on any atom is 0.0729 e. The Hall–Kier alpha value is -1.29. The molecule has 0 atom stereocenters. The molecule has 0 unspecified atom stereocenters. The van der Waals surface area contributed by atoms with E-state index in [1.165, 1.54) is 9.75 Å². The normalized spacial score (nSPS) is 10.5. The van der Waals surface area contributed by atoms with Gasteiger partial charge in [0.15, 0.2) is 0 Å². The SMILES string of the molecule is CCc1ccc(CNc2cnn(C)c2)s1. The summed E-state index contributed by atoms with van der Waals surface area (Å²) >= 11 is 1.87. The topological polar surface area (TPSA) is 29.9 Å². The predicted molar refractivity (Wildman–Crippen MR) is 64.2 cm³/mol. The summed E-state index contributed by atoms with van der Waals surface area (Å²) in [4.78, 5) is 2.81. The fourth-order valence-corrected chi connectivity index (χ4v) is 2.31. The van der Waals surface area contributed by atoms with Crippen molar-refractivity contribution >= 4 is 17.0 Å². The average molecular weight is 221 g/mol. The summed E-state index contributed by atoms with van der Waals surface area (Å²) in [6.07, 6.45) is 4.94.